The van der Waals surface area contributed by atoms with Crippen LogP contribution in [-0.4, -0.2) is 35.6 Å². The number of carbonyl (C=O) groups excluding carboxylic acids is 2. The van der Waals surface area contributed by atoms with Gasteiger partial charge in [-0.15, -0.1) is 11.8 Å². The summed E-state index contributed by atoms with van der Waals surface area (Å²) in [6.07, 6.45) is 0.578. The summed E-state index contributed by atoms with van der Waals surface area (Å²) in [6.45, 7) is 4.40. The van der Waals surface area contributed by atoms with Crippen molar-refractivity contribution in [1.29, 1.82) is 0 Å². The van der Waals surface area contributed by atoms with E-state index in [-0.39, 0.29) is 11.8 Å². The van der Waals surface area contributed by atoms with Crippen molar-refractivity contribution >= 4 is 39.5 Å². The molecule has 4 nitrogen and oxygen atoms in total. The molecule has 1 atom stereocenters. The molecule has 0 saturated carbocycles. The largest absolute Gasteiger partial charge is 0.357 e. The Hall–Kier alpha value is -1.79. The van der Waals surface area contributed by atoms with Gasteiger partial charge in [-0.25, -0.2) is 0 Å². The van der Waals surface area contributed by atoms with Gasteiger partial charge in [0.1, 0.15) is 6.04 Å². The Morgan fingerprint density at radius 2 is 1.68 bits per heavy atom. The summed E-state index contributed by atoms with van der Waals surface area (Å²) in [5, 5.41) is 2.69. The lowest BCUT2D eigenvalue weighted by Crippen LogP contribution is -2.48. The lowest BCUT2D eigenvalue weighted by Gasteiger charge is -2.30. The highest BCUT2D eigenvalue weighted by Gasteiger charge is 2.27. The Balaban J connectivity index is 2.07. The van der Waals surface area contributed by atoms with Crippen LogP contribution in [0.1, 0.15) is 30.0 Å². The summed E-state index contributed by atoms with van der Waals surface area (Å²) in [4.78, 5) is 27.0. The van der Waals surface area contributed by atoms with Gasteiger partial charge in [0.15, 0.2) is 0 Å². The molecule has 2 rings (SSSR count). The number of thioether (sulfide) groups is 1. The van der Waals surface area contributed by atoms with Gasteiger partial charge in [0.25, 0.3) is 0 Å². The van der Waals surface area contributed by atoms with Crippen molar-refractivity contribution in [2.45, 2.75) is 38.6 Å². The number of nitrogens with one attached hydrogen (secondary N) is 1. The molecule has 2 aromatic carbocycles. The molecule has 6 heteroatoms. The van der Waals surface area contributed by atoms with Crippen molar-refractivity contribution < 1.29 is 9.59 Å². The quantitative estimate of drug-likeness (QED) is 0.594. The molecule has 1 N–H and O–H groups in total. The average Bonchev–Trinajstić information content (AvgIpc) is 2.70. The Morgan fingerprint density at radius 1 is 1.07 bits per heavy atom. The van der Waals surface area contributed by atoms with Gasteiger partial charge < -0.3 is 10.2 Å². The molecule has 0 heterocycles. The fourth-order valence-electron chi connectivity index (χ4n) is 2.90. The van der Waals surface area contributed by atoms with E-state index in [1.54, 1.807) is 23.7 Å². The number of likely N-dealkylation sites (N-methyl/N-ethyl adjacent to an activating group) is 1. The summed E-state index contributed by atoms with van der Waals surface area (Å²) in [5.41, 5.74) is 3.37. The number of rotatable bonds is 9. The summed E-state index contributed by atoms with van der Waals surface area (Å²) >= 11 is 5.00. The Kier molecular flexibility index (Phi) is 9.06. The number of carbonyl (C=O) groups is 2. The molecule has 0 bridgehead atoms. The third kappa shape index (κ3) is 6.67. The summed E-state index contributed by atoms with van der Waals surface area (Å²) in [6, 6.07) is 15.7. The van der Waals surface area contributed by atoms with E-state index in [1.807, 2.05) is 62.4 Å². The van der Waals surface area contributed by atoms with Crippen LogP contribution in [0.15, 0.2) is 53.0 Å². The van der Waals surface area contributed by atoms with Gasteiger partial charge in [0, 0.05) is 23.8 Å². The minimum absolute atomic E-state index is 0.0156. The second-order valence-electron chi connectivity index (χ2n) is 6.66. The zero-order valence-electron chi connectivity index (χ0n) is 16.6. The molecule has 150 valence electrons. The minimum atomic E-state index is -0.466. The summed E-state index contributed by atoms with van der Waals surface area (Å²) in [7, 11) is 1.61. The zero-order chi connectivity index (χ0) is 20.5. The van der Waals surface area contributed by atoms with Crippen LogP contribution in [0.3, 0.4) is 0 Å². The van der Waals surface area contributed by atoms with Gasteiger partial charge in [-0.2, -0.15) is 0 Å². The molecule has 2 amide bonds. The fraction of sp³-hybridized carbons (Fsp3) is 0.364. The van der Waals surface area contributed by atoms with Crippen molar-refractivity contribution in [3.05, 3.63) is 69.7 Å². The van der Waals surface area contributed by atoms with E-state index in [0.29, 0.717) is 18.7 Å². The van der Waals surface area contributed by atoms with Crippen LogP contribution in [0.4, 0.5) is 0 Å². The lowest BCUT2D eigenvalue weighted by atomic mass is 10.1. The van der Waals surface area contributed by atoms with Gasteiger partial charge in [0.2, 0.25) is 11.8 Å². The number of hydrogen-bond donors (Lipinski definition) is 1. The van der Waals surface area contributed by atoms with E-state index in [1.165, 1.54) is 11.1 Å². The smallest absolute Gasteiger partial charge is 0.242 e. The third-order valence-corrected chi connectivity index (χ3v) is 6.03. The number of amides is 2. The summed E-state index contributed by atoms with van der Waals surface area (Å²) < 4.78 is 1.04. The molecule has 0 aliphatic rings. The predicted octanol–water partition coefficient (Wildman–Crippen LogP) is 4.54. The molecule has 0 aliphatic carbocycles. The van der Waals surface area contributed by atoms with E-state index in [0.717, 1.165) is 15.8 Å². The van der Waals surface area contributed by atoms with Crippen molar-refractivity contribution in [3.8, 4) is 0 Å². The molecule has 28 heavy (non-hydrogen) atoms. The lowest BCUT2D eigenvalue weighted by molar-refractivity contribution is -0.139. The van der Waals surface area contributed by atoms with E-state index in [4.69, 9.17) is 0 Å². The van der Waals surface area contributed by atoms with Crippen LogP contribution >= 0.6 is 27.7 Å². The molecule has 0 radical (unpaired) electrons. The molecule has 2 aromatic rings. The highest BCUT2D eigenvalue weighted by atomic mass is 79.9. The van der Waals surface area contributed by atoms with Crippen molar-refractivity contribution in [1.82, 2.24) is 10.2 Å². The van der Waals surface area contributed by atoms with Gasteiger partial charge in [0.05, 0.1) is 5.75 Å². The molecular formula is C22H27BrN2O2S. The fourth-order valence-corrected chi connectivity index (χ4v) is 4.03. The average molecular weight is 463 g/mol. The van der Waals surface area contributed by atoms with Crippen LogP contribution in [0, 0.1) is 6.92 Å². The summed E-state index contributed by atoms with van der Waals surface area (Å²) in [5.74, 6) is 0.961. The molecule has 0 aliphatic heterocycles. The first-order valence-electron chi connectivity index (χ1n) is 9.33. The first kappa shape index (κ1) is 22.5. The van der Waals surface area contributed by atoms with Crippen LogP contribution in [0.25, 0.3) is 0 Å². The Bertz CT molecular complexity index is 778. The van der Waals surface area contributed by atoms with Gasteiger partial charge in [-0.3, -0.25) is 9.59 Å². The molecule has 0 unspecified atom stereocenters. The van der Waals surface area contributed by atoms with Crippen molar-refractivity contribution in [2.75, 3.05) is 12.8 Å². The minimum Gasteiger partial charge on any atom is -0.357 e. The number of hydrogen-bond acceptors (Lipinski definition) is 3. The predicted molar refractivity (Wildman–Crippen MR) is 120 cm³/mol. The maximum Gasteiger partial charge on any atom is 0.242 e. The SMILES string of the molecule is CC[C@@H](C(=O)NC)N(Cc1ccc(C)cc1)C(=O)CSCc1ccc(Br)cc1. The Morgan fingerprint density at radius 3 is 2.25 bits per heavy atom. The highest BCUT2D eigenvalue weighted by molar-refractivity contribution is 9.10. The molecular weight excluding hydrogens is 436 g/mol. The standard InChI is InChI=1S/C22H27BrN2O2S/c1-4-20(22(27)24-3)25(13-17-7-5-16(2)6-8-17)21(26)15-28-14-18-9-11-19(23)12-10-18/h5-12,20H,4,13-15H2,1-3H3,(H,24,27)/t20-/m0/s1. The van der Waals surface area contributed by atoms with Crippen LogP contribution < -0.4 is 5.32 Å². The van der Waals surface area contributed by atoms with Crippen LogP contribution in [0.2, 0.25) is 0 Å². The van der Waals surface area contributed by atoms with Crippen LogP contribution in [-0.2, 0) is 21.9 Å². The molecule has 0 fully saturated rings. The maximum atomic E-state index is 13.0. The van der Waals surface area contributed by atoms with E-state index >= 15 is 0 Å². The second kappa shape index (κ2) is 11.3. The number of nitrogens with zero attached hydrogens (tertiary/aromatic N) is 1. The zero-order valence-corrected chi connectivity index (χ0v) is 19.0. The molecule has 0 saturated heterocycles. The van der Waals surface area contributed by atoms with Gasteiger partial charge in [-0.05, 0) is 36.6 Å². The monoisotopic (exact) mass is 462 g/mol. The topological polar surface area (TPSA) is 49.4 Å². The number of benzene rings is 2. The Labute approximate surface area is 180 Å². The highest BCUT2D eigenvalue weighted by Crippen LogP contribution is 2.19. The van der Waals surface area contributed by atoms with Gasteiger partial charge >= 0.3 is 0 Å². The first-order chi connectivity index (χ1) is 13.4. The van der Waals surface area contributed by atoms with Gasteiger partial charge in [-0.1, -0.05) is 64.8 Å². The normalized spacial score (nSPS) is 11.7. The van der Waals surface area contributed by atoms with Crippen LogP contribution in [0.5, 0.6) is 0 Å². The van der Waals surface area contributed by atoms with E-state index in [9.17, 15) is 9.59 Å². The number of halogens is 1. The molecule has 0 aromatic heterocycles. The second-order valence-corrected chi connectivity index (χ2v) is 8.57. The molecule has 0 spiro atoms. The van der Waals surface area contributed by atoms with E-state index < -0.39 is 6.04 Å². The van der Waals surface area contributed by atoms with Crippen molar-refractivity contribution in [3.63, 3.8) is 0 Å². The van der Waals surface area contributed by atoms with Crippen molar-refractivity contribution in [2.24, 2.45) is 0 Å². The van der Waals surface area contributed by atoms with E-state index in [2.05, 4.69) is 21.2 Å². The number of aryl methyl sites for hydroxylation is 1. The maximum absolute atomic E-state index is 13.0. The third-order valence-electron chi connectivity index (χ3n) is 4.51. The first-order valence-corrected chi connectivity index (χ1v) is 11.3.